The molecule has 132 valence electrons. The van der Waals surface area contributed by atoms with E-state index in [0.717, 1.165) is 22.5 Å². The number of benzene rings is 2. The van der Waals surface area contributed by atoms with Gasteiger partial charge in [0.25, 0.3) is 5.91 Å². The Morgan fingerprint density at radius 3 is 1.88 bits per heavy atom. The summed E-state index contributed by atoms with van der Waals surface area (Å²) < 4.78 is 1.20. The molecule has 0 unspecified atom stereocenters. The molecule has 0 aliphatic rings. The zero-order chi connectivity index (χ0) is 18.8. The maximum atomic E-state index is 13.3. The summed E-state index contributed by atoms with van der Waals surface area (Å²) in [6.07, 6.45) is 0. The summed E-state index contributed by atoms with van der Waals surface area (Å²) in [6, 6.07) is 16.4. The number of carboxylic acid groups (broad SMARTS) is 1. The summed E-state index contributed by atoms with van der Waals surface area (Å²) in [7, 11) is 1.51. The Morgan fingerprint density at radius 2 is 1.46 bits per heavy atom. The number of para-hydroxylation sites is 2. The molecule has 0 fully saturated rings. The Bertz CT molecular complexity index is 946. The lowest BCUT2D eigenvalue weighted by Gasteiger charge is -2.25. The zero-order valence-electron chi connectivity index (χ0n) is 14.8. The molecule has 0 spiro atoms. The average Bonchev–Trinajstić information content (AvgIpc) is 3.00. The number of aromatic nitrogens is 2. The van der Waals surface area contributed by atoms with Crippen LogP contribution in [0.1, 0.15) is 32.1 Å². The van der Waals surface area contributed by atoms with Crippen molar-refractivity contribution in [3.63, 3.8) is 0 Å². The van der Waals surface area contributed by atoms with Gasteiger partial charge in [-0.3, -0.25) is 14.4 Å². The van der Waals surface area contributed by atoms with E-state index in [-0.39, 0.29) is 17.3 Å². The Hall–Kier alpha value is -3.41. The van der Waals surface area contributed by atoms with E-state index in [1.807, 2.05) is 62.4 Å². The number of anilines is 2. The number of nitrogens with zero attached hydrogens (tertiary/aromatic N) is 3. The Labute approximate surface area is 151 Å². The van der Waals surface area contributed by atoms with Crippen molar-refractivity contribution in [1.29, 1.82) is 0 Å². The first-order chi connectivity index (χ1) is 12.4. The quantitative estimate of drug-likeness (QED) is 0.779. The molecule has 1 amide bonds. The number of hydrogen-bond acceptors (Lipinski definition) is 3. The van der Waals surface area contributed by atoms with Crippen molar-refractivity contribution in [2.24, 2.45) is 7.05 Å². The molecule has 0 atom stereocenters. The molecule has 0 radical (unpaired) electrons. The number of rotatable bonds is 4. The van der Waals surface area contributed by atoms with Crippen molar-refractivity contribution >= 4 is 23.3 Å². The van der Waals surface area contributed by atoms with Crippen LogP contribution in [0.25, 0.3) is 0 Å². The lowest BCUT2D eigenvalue weighted by molar-refractivity contribution is 0.0685. The van der Waals surface area contributed by atoms with E-state index in [1.54, 1.807) is 4.90 Å². The van der Waals surface area contributed by atoms with Crippen LogP contribution in [0.5, 0.6) is 0 Å². The minimum absolute atomic E-state index is 0.0390. The Morgan fingerprint density at radius 1 is 0.962 bits per heavy atom. The van der Waals surface area contributed by atoms with E-state index in [0.29, 0.717) is 0 Å². The molecule has 26 heavy (non-hydrogen) atoms. The van der Waals surface area contributed by atoms with Crippen molar-refractivity contribution in [2.75, 3.05) is 4.90 Å². The fourth-order valence-corrected chi connectivity index (χ4v) is 2.86. The molecule has 1 N–H and O–H groups in total. The van der Waals surface area contributed by atoms with E-state index in [1.165, 1.54) is 17.8 Å². The standard InChI is InChI=1S/C20H19N3O3/c1-13-8-4-6-10-16(13)23(17-11-7-5-9-14(17)2)19(24)15-12-18(20(25)26)22(3)21-15/h4-12H,1-3H3,(H,25,26). The van der Waals surface area contributed by atoms with Crippen LogP contribution in [0.2, 0.25) is 0 Å². The maximum Gasteiger partial charge on any atom is 0.354 e. The first-order valence-corrected chi connectivity index (χ1v) is 8.13. The van der Waals surface area contributed by atoms with Gasteiger partial charge in [0.2, 0.25) is 0 Å². The van der Waals surface area contributed by atoms with Crippen LogP contribution in [0.4, 0.5) is 11.4 Å². The number of amides is 1. The molecular weight excluding hydrogens is 330 g/mol. The molecule has 0 aliphatic carbocycles. The maximum absolute atomic E-state index is 13.3. The van der Waals surface area contributed by atoms with Gasteiger partial charge in [-0.25, -0.2) is 4.79 Å². The molecule has 2 aromatic carbocycles. The minimum Gasteiger partial charge on any atom is -0.477 e. The van der Waals surface area contributed by atoms with Gasteiger partial charge in [-0.2, -0.15) is 5.10 Å². The number of hydrogen-bond donors (Lipinski definition) is 1. The van der Waals surface area contributed by atoms with E-state index in [4.69, 9.17) is 0 Å². The molecule has 6 nitrogen and oxygen atoms in total. The van der Waals surface area contributed by atoms with Crippen LogP contribution >= 0.6 is 0 Å². The van der Waals surface area contributed by atoms with Gasteiger partial charge in [0.1, 0.15) is 5.69 Å². The Balaban J connectivity index is 2.17. The minimum atomic E-state index is -1.13. The second-order valence-electron chi connectivity index (χ2n) is 6.06. The summed E-state index contributed by atoms with van der Waals surface area (Å²) >= 11 is 0. The number of aryl methyl sites for hydroxylation is 3. The fourth-order valence-electron chi connectivity index (χ4n) is 2.86. The highest BCUT2D eigenvalue weighted by atomic mass is 16.4. The summed E-state index contributed by atoms with van der Waals surface area (Å²) in [4.78, 5) is 26.2. The molecule has 3 rings (SSSR count). The lowest BCUT2D eigenvalue weighted by Crippen LogP contribution is -2.27. The van der Waals surface area contributed by atoms with E-state index >= 15 is 0 Å². The fraction of sp³-hybridized carbons (Fsp3) is 0.150. The predicted molar refractivity (Wildman–Crippen MR) is 99.0 cm³/mol. The zero-order valence-corrected chi connectivity index (χ0v) is 14.8. The van der Waals surface area contributed by atoms with Gasteiger partial charge in [-0.05, 0) is 37.1 Å². The molecule has 1 aromatic heterocycles. The Kier molecular flexibility index (Phi) is 4.58. The third-order valence-electron chi connectivity index (χ3n) is 4.23. The number of carbonyl (C=O) groups is 2. The highest BCUT2D eigenvalue weighted by Crippen LogP contribution is 2.32. The number of carbonyl (C=O) groups excluding carboxylic acids is 1. The summed E-state index contributed by atoms with van der Waals surface area (Å²) in [6.45, 7) is 3.85. The van der Waals surface area contributed by atoms with Crippen LogP contribution in [0.3, 0.4) is 0 Å². The summed E-state index contributed by atoms with van der Waals surface area (Å²) in [5, 5.41) is 13.3. The molecular formula is C20H19N3O3. The van der Waals surface area contributed by atoms with Gasteiger partial charge in [0.05, 0.1) is 11.4 Å². The normalized spacial score (nSPS) is 10.6. The van der Waals surface area contributed by atoms with Crippen LogP contribution in [-0.4, -0.2) is 26.8 Å². The van der Waals surface area contributed by atoms with E-state index in [2.05, 4.69) is 5.10 Å². The van der Waals surface area contributed by atoms with Crippen molar-refractivity contribution < 1.29 is 14.7 Å². The highest BCUT2D eigenvalue weighted by Gasteiger charge is 2.26. The summed E-state index contributed by atoms with van der Waals surface area (Å²) in [5.74, 6) is -1.51. The molecule has 6 heteroatoms. The van der Waals surface area contributed by atoms with Crippen molar-refractivity contribution in [3.8, 4) is 0 Å². The van der Waals surface area contributed by atoms with Gasteiger partial charge in [-0.1, -0.05) is 36.4 Å². The largest absolute Gasteiger partial charge is 0.477 e. The van der Waals surface area contributed by atoms with Crippen molar-refractivity contribution in [3.05, 3.63) is 77.1 Å². The molecule has 1 heterocycles. The van der Waals surface area contributed by atoms with Crippen LogP contribution in [0.15, 0.2) is 54.6 Å². The van der Waals surface area contributed by atoms with Crippen molar-refractivity contribution in [1.82, 2.24) is 9.78 Å². The van der Waals surface area contributed by atoms with Gasteiger partial charge in [-0.15, -0.1) is 0 Å². The monoisotopic (exact) mass is 349 g/mol. The lowest BCUT2D eigenvalue weighted by atomic mass is 10.1. The second kappa shape index (κ2) is 6.84. The smallest absolute Gasteiger partial charge is 0.354 e. The van der Waals surface area contributed by atoms with Gasteiger partial charge >= 0.3 is 5.97 Å². The molecule has 0 bridgehead atoms. The molecule has 0 saturated heterocycles. The van der Waals surface area contributed by atoms with Crippen molar-refractivity contribution in [2.45, 2.75) is 13.8 Å². The third kappa shape index (κ3) is 3.09. The second-order valence-corrected chi connectivity index (χ2v) is 6.06. The van der Waals surface area contributed by atoms with Gasteiger partial charge in [0.15, 0.2) is 5.69 Å². The van der Waals surface area contributed by atoms with Crippen LogP contribution in [-0.2, 0) is 7.05 Å². The molecule has 0 aliphatic heterocycles. The van der Waals surface area contributed by atoms with Gasteiger partial charge < -0.3 is 5.11 Å². The van der Waals surface area contributed by atoms with Gasteiger partial charge in [0, 0.05) is 13.1 Å². The highest BCUT2D eigenvalue weighted by molar-refractivity contribution is 6.11. The number of carboxylic acids is 1. The van der Waals surface area contributed by atoms with Crippen LogP contribution in [0, 0.1) is 13.8 Å². The third-order valence-corrected chi connectivity index (χ3v) is 4.23. The SMILES string of the molecule is Cc1ccccc1N(C(=O)c1cc(C(=O)O)n(C)n1)c1ccccc1C. The predicted octanol–water partition coefficient (Wildman–Crippen LogP) is 3.71. The first-order valence-electron chi connectivity index (χ1n) is 8.13. The number of aromatic carboxylic acids is 1. The molecule has 3 aromatic rings. The molecule has 0 saturated carbocycles. The topological polar surface area (TPSA) is 75.4 Å². The first kappa shape index (κ1) is 17.4. The van der Waals surface area contributed by atoms with E-state index < -0.39 is 5.97 Å². The average molecular weight is 349 g/mol. The summed E-state index contributed by atoms with van der Waals surface area (Å²) in [5.41, 5.74) is 3.36. The van der Waals surface area contributed by atoms with Crippen LogP contribution < -0.4 is 4.90 Å². The van der Waals surface area contributed by atoms with E-state index in [9.17, 15) is 14.7 Å².